The van der Waals surface area contributed by atoms with Gasteiger partial charge < -0.3 is 5.32 Å². The third-order valence-electron chi connectivity index (χ3n) is 3.14. The summed E-state index contributed by atoms with van der Waals surface area (Å²) in [6.45, 7) is 8.22. The van der Waals surface area contributed by atoms with E-state index in [1.807, 2.05) is 0 Å². The van der Waals surface area contributed by atoms with Gasteiger partial charge in [-0.05, 0) is 38.1 Å². The van der Waals surface area contributed by atoms with Crippen molar-refractivity contribution in [3.05, 3.63) is 0 Å². The van der Waals surface area contributed by atoms with Gasteiger partial charge in [0.2, 0.25) is 0 Å². The van der Waals surface area contributed by atoms with Crippen LogP contribution in [0.4, 0.5) is 0 Å². The van der Waals surface area contributed by atoms with Crippen molar-refractivity contribution in [2.24, 2.45) is 5.92 Å². The quantitative estimate of drug-likeness (QED) is 0.689. The standard InChI is InChI=1S/C12H25N/c1-4-5-7-12(10-11(2)3)8-6-9-13-12/h11,13H,4-10H2,1-3H3. The van der Waals surface area contributed by atoms with Crippen LogP contribution in [0.5, 0.6) is 0 Å². The fraction of sp³-hybridized carbons (Fsp3) is 1.00. The average Bonchev–Trinajstić information content (AvgIpc) is 2.49. The van der Waals surface area contributed by atoms with Crippen LogP contribution in [0.3, 0.4) is 0 Å². The minimum absolute atomic E-state index is 0.518. The van der Waals surface area contributed by atoms with E-state index in [9.17, 15) is 0 Å². The molecule has 0 bridgehead atoms. The van der Waals surface area contributed by atoms with E-state index < -0.39 is 0 Å². The lowest BCUT2D eigenvalue weighted by Crippen LogP contribution is -2.40. The van der Waals surface area contributed by atoms with Gasteiger partial charge in [0, 0.05) is 5.54 Å². The fourth-order valence-electron chi connectivity index (χ4n) is 2.66. The first-order valence-electron chi connectivity index (χ1n) is 5.93. The molecule has 1 aliphatic rings. The van der Waals surface area contributed by atoms with Crippen LogP contribution in [0.2, 0.25) is 0 Å². The molecule has 1 heteroatoms. The molecule has 0 radical (unpaired) electrons. The minimum Gasteiger partial charge on any atom is -0.311 e. The SMILES string of the molecule is CCCCC1(CC(C)C)CCCN1. The van der Waals surface area contributed by atoms with Crippen molar-refractivity contribution in [3.8, 4) is 0 Å². The number of hydrogen-bond donors (Lipinski definition) is 1. The Morgan fingerprint density at radius 1 is 1.38 bits per heavy atom. The Morgan fingerprint density at radius 2 is 2.15 bits per heavy atom. The Hall–Kier alpha value is -0.0400. The van der Waals surface area contributed by atoms with Gasteiger partial charge in [-0.15, -0.1) is 0 Å². The molecule has 1 saturated heterocycles. The van der Waals surface area contributed by atoms with E-state index in [4.69, 9.17) is 0 Å². The Labute approximate surface area is 83.3 Å². The molecule has 78 valence electrons. The maximum absolute atomic E-state index is 3.74. The lowest BCUT2D eigenvalue weighted by Gasteiger charge is -2.31. The average molecular weight is 183 g/mol. The topological polar surface area (TPSA) is 12.0 Å². The third kappa shape index (κ3) is 3.30. The molecule has 1 unspecified atom stereocenters. The number of nitrogens with one attached hydrogen (secondary N) is 1. The summed E-state index contributed by atoms with van der Waals surface area (Å²) in [5.74, 6) is 0.836. The minimum atomic E-state index is 0.518. The second kappa shape index (κ2) is 4.99. The van der Waals surface area contributed by atoms with Crippen LogP contribution >= 0.6 is 0 Å². The fourth-order valence-corrected chi connectivity index (χ4v) is 2.66. The van der Waals surface area contributed by atoms with E-state index in [2.05, 4.69) is 26.1 Å². The van der Waals surface area contributed by atoms with Crippen LogP contribution in [0.1, 0.15) is 59.3 Å². The van der Waals surface area contributed by atoms with E-state index in [1.54, 1.807) is 0 Å². The van der Waals surface area contributed by atoms with Gasteiger partial charge in [0.15, 0.2) is 0 Å². The molecule has 0 saturated carbocycles. The number of hydrogen-bond acceptors (Lipinski definition) is 1. The molecule has 0 spiro atoms. The summed E-state index contributed by atoms with van der Waals surface area (Å²) in [5, 5.41) is 3.74. The van der Waals surface area contributed by atoms with Crippen LogP contribution in [-0.2, 0) is 0 Å². The van der Waals surface area contributed by atoms with Gasteiger partial charge in [-0.3, -0.25) is 0 Å². The molecular weight excluding hydrogens is 158 g/mol. The van der Waals surface area contributed by atoms with Gasteiger partial charge in [-0.2, -0.15) is 0 Å². The summed E-state index contributed by atoms with van der Waals surface area (Å²) < 4.78 is 0. The molecule has 1 aliphatic heterocycles. The molecule has 1 rings (SSSR count). The molecular formula is C12H25N. The van der Waals surface area contributed by atoms with Crippen LogP contribution in [0.25, 0.3) is 0 Å². The van der Waals surface area contributed by atoms with Gasteiger partial charge in [-0.25, -0.2) is 0 Å². The molecule has 0 aromatic carbocycles. The zero-order valence-corrected chi connectivity index (χ0v) is 9.53. The van der Waals surface area contributed by atoms with E-state index in [1.165, 1.54) is 45.1 Å². The molecule has 1 nitrogen and oxygen atoms in total. The van der Waals surface area contributed by atoms with E-state index in [0.29, 0.717) is 5.54 Å². The van der Waals surface area contributed by atoms with Crippen molar-refractivity contribution in [2.75, 3.05) is 6.54 Å². The highest BCUT2D eigenvalue weighted by atomic mass is 15.0. The molecule has 1 atom stereocenters. The third-order valence-corrected chi connectivity index (χ3v) is 3.14. The Morgan fingerprint density at radius 3 is 2.62 bits per heavy atom. The van der Waals surface area contributed by atoms with E-state index in [0.717, 1.165) is 5.92 Å². The lowest BCUT2D eigenvalue weighted by atomic mass is 9.83. The summed E-state index contributed by atoms with van der Waals surface area (Å²) in [7, 11) is 0. The van der Waals surface area contributed by atoms with E-state index >= 15 is 0 Å². The van der Waals surface area contributed by atoms with Crippen molar-refractivity contribution in [2.45, 2.75) is 64.8 Å². The number of unbranched alkanes of at least 4 members (excludes halogenated alkanes) is 1. The highest BCUT2D eigenvalue weighted by Gasteiger charge is 2.32. The Bertz CT molecular complexity index is 134. The monoisotopic (exact) mass is 183 g/mol. The molecule has 1 fully saturated rings. The smallest absolute Gasteiger partial charge is 0.0184 e. The largest absolute Gasteiger partial charge is 0.311 e. The normalized spacial score (nSPS) is 28.6. The highest BCUT2D eigenvalue weighted by Crippen LogP contribution is 2.31. The molecule has 0 amide bonds. The van der Waals surface area contributed by atoms with Crippen LogP contribution in [0.15, 0.2) is 0 Å². The second-order valence-electron chi connectivity index (χ2n) is 5.01. The van der Waals surface area contributed by atoms with E-state index in [-0.39, 0.29) is 0 Å². The summed E-state index contributed by atoms with van der Waals surface area (Å²) in [6.07, 6.45) is 8.28. The summed E-state index contributed by atoms with van der Waals surface area (Å²) in [4.78, 5) is 0. The molecule has 1 N–H and O–H groups in total. The molecule has 0 aromatic rings. The second-order valence-corrected chi connectivity index (χ2v) is 5.01. The maximum atomic E-state index is 3.74. The van der Waals surface area contributed by atoms with Gasteiger partial charge in [-0.1, -0.05) is 33.6 Å². The summed E-state index contributed by atoms with van der Waals surface area (Å²) in [5.41, 5.74) is 0.518. The predicted octanol–water partition coefficient (Wildman–Crippen LogP) is 3.34. The predicted molar refractivity (Wildman–Crippen MR) is 58.9 cm³/mol. The zero-order chi connectivity index (χ0) is 9.73. The molecule has 13 heavy (non-hydrogen) atoms. The first-order valence-corrected chi connectivity index (χ1v) is 5.93. The van der Waals surface area contributed by atoms with Crippen molar-refractivity contribution in [3.63, 3.8) is 0 Å². The molecule has 1 heterocycles. The maximum Gasteiger partial charge on any atom is 0.0184 e. The van der Waals surface area contributed by atoms with Gasteiger partial charge in [0.05, 0.1) is 0 Å². The first-order chi connectivity index (χ1) is 6.18. The van der Waals surface area contributed by atoms with Crippen molar-refractivity contribution >= 4 is 0 Å². The van der Waals surface area contributed by atoms with Crippen molar-refractivity contribution in [1.82, 2.24) is 5.32 Å². The van der Waals surface area contributed by atoms with Crippen LogP contribution in [-0.4, -0.2) is 12.1 Å². The molecule has 0 aromatic heterocycles. The molecule has 0 aliphatic carbocycles. The first kappa shape index (κ1) is 11.0. The highest BCUT2D eigenvalue weighted by molar-refractivity contribution is 4.93. The van der Waals surface area contributed by atoms with Crippen molar-refractivity contribution < 1.29 is 0 Å². The zero-order valence-electron chi connectivity index (χ0n) is 9.53. The Balaban J connectivity index is 2.42. The summed E-state index contributed by atoms with van der Waals surface area (Å²) in [6, 6.07) is 0. The van der Waals surface area contributed by atoms with Crippen LogP contribution < -0.4 is 5.32 Å². The van der Waals surface area contributed by atoms with Crippen molar-refractivity contribution in [1.29, 1.82) is 0 Å². The number of rotatable bonds is 5. The van der Waals surface area contributed by atoms with Gasteiger partial charge >= 0.3 is 0 Å². The summed E-state index contributed by atoms with van der Waals surface area (Å²) >= 11 is 0. The van der Waals surface area contributed by atoms with Gasteiger partial charge in [0.25, 0.3) is 0 Å². The Kier molecular flexibility index (Phi) is 4.24. The van der Waals surface area contributed by atoms with Gasteiger partial charge in [0.1, 0.15) is 0 Å². The lowest BCUT2D eigenvalue weighted by molar-refractivity contribution is 0.277. The van der Waals surface area contributed by atoms with Crippen LogP contribution in [0, 0.1) is 5.92 Å².